The van der Waals surface area contributed by atoms with Crippen molar-refractivity contribution in [1.29, 1.82) is 0 Å². The molecule has 3 fully saturated rings. The normalized spacial score (nSPS) is 24.5. The van der Waals surface area contributed by atoms with E-state index in [1.165, 1.54) is 23.2 Å². The lowest BCUT2D eigenvalue weighted by Gasteiger charge is -2.43. The molecule has 5 rings (SSSR count). The number of amides is 1. The van der Waals surface area contributed by atoms with E-state index in [0.29, 0.717) is 30.5 Å². The van der Waals surface area contributed by atoms with Crippen molar-refractivity contribution in [3.8, 4) is 11.5 Å². The molecule has 3 aliphatic heterocycles. The van der Waals surface area contributed by atoms with Gasteiger partial charge in [0.15, 0.2) is 5.76 Å². The molecule has 0 aromatic carbocycles. The molecule has 3 aliphatic rings. The van der Waals surface area contributed by atoms with Gasteiger partial charge in [0.2, 0.25) is 11.0 Å². The van der Waals surface area contributed by atoms with E-state index in [1.54, 1.807) is 18.3 Å². The molecule has 1 N–H and O–H groups in total. The number of sulfonamides is 1. The number of piperidine rings is 2. The second-order valence-corrected chi connectivity index (χ2v) is 11.6. The third-order valence-corrected chi connectivity index (χ3v) is 9.24. The van der Waals surface area contributed by atoms with Crippen LogP contribution in [0.4, 0.5) is 0 Å². The van der Waals surface area contributed by atoms with Gasteiger partial charge in [-0.3, -0.25) is 14.8 Å². The van der Waals surface area contributed by atoms with Crippen molar-refractivity contribution < 1.29 is 17.6 Å². The second-order valence-electron chi connectivity index (χ2n) is 9.69. The number of likely N-dealkylation sites (tertiary alicyclic amines) is 1. The molecule has 0 aliphatic carbocycles. The molecule has 0 saturated carbocycles. The highest BCUT2D eigenvalue weighted by Gasteiger charge is 2.37. The number of nitrogens with one attached hydrogen (secondary N) is 1. The minimum absolute atomic E-state index is 0.0838. The molecule has 0 bridgehead atoms. The largest absolute Gasteiger partial charge is 0.442 e. The highest BCUT2D eigenvalue weighted by atomic mass is 32.2. The molecule has 0 radical (unpaired) electrons. The number of carbonyl (C=O) groups is 1. The summed E-state index contributed by atoms with van der Waals surface area (Å²) in [5, 5.41) is 6.55. The molecule has 186 valence electrons. The van der Waals surface area contributed by atoms with Gasteiger partial charge in [0.05, 0.1) is 5.92 Å². The molecule has 3 saturated heterocycles. The van der Waals surface area contributed by atoms with E-state index in [2.05, 4.69) is 27.0 Å². The summed E-state index contributed by atoms with van der Waals surface area (Å²) < 4.78 is 33.5. The van der Waals surface area contributed by atoms with Crippen LogP contribution in [0.25, 0.3) is 11.5 Å². The van der Waals surface area contributed by atoms with Gasteiger partial charge in [-0.25, -0.2) is 8.42 Å². The number of piperazine rings is 1. The molecule has 2 aromatic heterocycles. The van der Waals surface area contributed by atoms with E-state index in [0.717, 1.165) is 45.7 Å². The fraction of sp³-hybridized carbons (Fsp3) is 0.652. The Bertz CT molecular complexity index is 1070. The monoisotopic (exact) mass is 490 g/mol. The number of rotatable bonds is 5. The van der Waals surface area contributed by atoms with Crippen LogP contribution in [-0.4, -0.2) is 109 Å². The van der Waals surface area contributed by atoms with Crippen LogP contribution in [0.2, 0.25) is 0 Å². The van der Waals surface area contributed by atoms with Gasteiger partial charge < -0.3 is 14.2 Å². The van der Waals surface area contributed by atoms with Crippen LogP contribution >= 0.6 is 0 Å². The SMILES string of the molecule is CN1CCC(N2CCN(C(=O)[C@@H]3CCCN(S(=O)(=O)c4ccc(-c5ccn[nH]5)o4)C3)CC2)CC1. The minimum atomic E-state index is -3.81. The number of aromatic nitrogens is 2. The number of H-pyrrole nitrogens is 1. The van der Waals surface area contributed by atoms with E-state index in [9.17, 15) is 13.2 Å². The van der Waals surface area contributed by atoms with Crippen molar-refractivity contribution in [2.45, 2.75) is 36.8 Å². The lowest BCUT2D eigenvalue weighted by Crippen LogP contribution is -2.56. The zero-order chi connectivity index (χ0) is 23.7. The summed E-state index contributed by atoms with van der Waals surface area (Å²) in [5.74, 6) is 0.198. The molecule has 1 amide bonds. The second kappa shape index (κ2) is 9.80. The number of furan rings is 1. The van der Waals surface area contributed by atoms with Crippen molar-refractivity contribution in [1.82, 2.24) is 29.2 Å². The molecular weight excluding hydrogens is 456 g/mol. The first-order valence-corrected chi connectivity index (χ1v) is 13.7. The Morgan fingerprint density at radius 1 is 1.03 bits per heavy atom. The van der Waals surface area contributed by atoms with Crippen molar-refractivity contribution in [3.63, 3.8) is 0 Å². The zero-order valence-electron chi connectivity index (χ0n) is 19.7. The number of hydrogen-bond acceptors (Lipinski definition) is 7. The van der Waals surface area contributed by atoms with Crippen molar-refractivity contribution in [3.05, 3.63) is 24.4 Å². The molecule has 34 heavy (non-hydrogen) atoms. The van der Waals surface area contributed by atoms with Gasteiger partial charge in [-0.1, -0.05) is 0 Å². The number of nitrogens with zero attached hydrogens (tertiary/aromatic N) is 5. The van der Waals surface area contributed by atoms with Gasteiger partial charge in [-0.15, -0.1) is 0 Å². The average Bonchev–Trinajstić information content (AvgIpc) is 3.57. The Hall–Kier alpha value is -2.21. The topological polar surface area (TPSA) is 106 Å². The molecule has 11 heteroatoms. The van der Waals surface area contributed by atoms with E-state index in [4.69, 9.17) is 4.42 Å². The van der Waals surface area contributed by atoms with Crippen LogP contribution in [0.3, 0.4) is 0 Å². The lowest BCUT2D eigenvalue weighted by atomic mass is 9.97. The molecule has 10 nitrogen and oxygen atoms in total. The predicted octanol–water partition coefficient (Wildman–Crippen LogP) is 1.31. The Morgan fingerprint density at radius 3 is 2.50 bits per heavy atom. The Morgan fingerprint density at radius 2 is 1.79 bits per heavy atom. The summed E-state index contributed by atoms with van der Waals surface area (Å²) in [6, 6.07) is 5.43. The average molecular weight is 491 g/mol. The first-order valence-electron chi connectivity index (χ1n) is 12.2. The maximum absolute atomic E-state index is 13.3. The Labute approximate surface area is 200 Å². The third kappa shape index (κ3) is 4.79. The number of aromatic amines is 1. The van der Waals surface area contributed by atoms with Crippen LogP contribution in [-0.2, 0) is 14.8 Å². The summed E-state index contributed by atoms with van der Waals surface area (Å²) >= 11 is 0. The van der Waals surface area contributed by atoms with Crippen molar-refractivity contribution in [2.75, 3.05) is 59.4 Å². The summed E-state index contributed by atoms with van der Waals surface area (Å²) in [4.78, 5) is 20.1. The fourth-order valence-corrected chi connectivity index (χ4v) is 6.85. The molecule has 0 unspecified atom stereocenters. The first-order chi connectivity index (χ1) is 16.4. The van der Waals surface area contributed by atoms with Crippen LogP contribution in [0.1, 0.15) is 25.7 Å². The highest BCUT2D eigenvalue weighted by molar-refractivity contribution is 7.89. The standard InChI is InChI=1S/C23H34N6O4S/c1-26-11-7-19(8-12-26)27-13-15-28(16-14-27)23(30)18-3-2-10-29(17-18)34(31,32)22-5-4-21(33-22)20-6-9-24-25-20/h4-6,9,18-19H,2-3,7-8,10-17H2,1H3,(H,24,25)/t18-/m1/s1. The van der Waals surface area contributed by atoms with Crippen molar-refractivity contribution >= 4 is 15.9 Å². The van der Waals surface area contributed by atoms with Gasteiger partial charge in [-0.2, -0.15) is 9.40 Å². The van der Waals surface area contributed by atoms with E-state index in [-0.39, 0.29) is 23.5 Å². The first kappa shape index (κ1) is 23.5. The summed E-state index contributed by atoms with van der Waals surface area (Å²) in [6.45, 7) is 6.12. The number of hydrogen-bond donors (Lipinski definition) is 1. The quantitative estimate of drug-likeness (QED) is 0.674. The van der Waals surface area contributed by atoms with Gasteiger partial charge in [-0.05, 0) is 64.0 Å². The molecule has 5 heterocycles. The van der Waals surface area contributed by atoms with Crippen LogP contribution in [0, 0.1) is 5.92 Å². The summed E-state index contributed by atoms with van der Waals surface area (Å²) in [6.07, 6.45) is 5.35. The smallest absolute Gasteiger partial charge is 0.276 e. The maximum Gasteiger partial charge on any atom is 0.276 e. The van der Waals surface area contributed by atoms with Gasteiger partial charge in [0, 0.05) is 51.5 Å². The van der Waals surface area contributed by atoms with E-state index in [1.807, 2.05) is 4.90 Å². The van der Waals surface area contributed by atoms with Gasteiger partial charge in [0.25, 0.3) is 10.0 Å². The zero-order valence-corrected chi connectivity index (χ0v) is 20.5. The molecule has 1 atom stereocenters. The summed E-state index contributed by atoms with van der Waals surface area (Å²) in [7, 11) is -1.64. The van der Waals surface area contributed by atoms with E-state index < -0.39 is 10.0 Å². The third-order valence-electron chi connectivity index (χ3n) is 7.51. The minimum Gasteiger partial charge on any atom is -0.442 e. The van der Waals surface area contributed by atoms with Gasteiger partial charge >= 0.3 is 0 Å². The molecular formula is C23H34N6O4S. The lowest BCUT2D eigenvalue weighted by molar-refractivity contribution is -0.139. The van der Waals surface area contributed by atoms with Gasteiger partial charge in [0.1, 0.15) is 5.69 Å². The van der Waals surface area contributed by atoms with E-state index >= 15 is 0 Å². The highest BCUT2D eigenvalue weighted by Crippen LogP contribution is 2.29. The maximum atomic E-state index is 13.3. The Kier molecular flexibility index (Phi) is 6.79. The Balaban J connectivity index is 1.18. The molecule has 0 spiro atoms. The van der Waals surface area contributed by atoms with Crippen LogP contribution in [0.5, 0.6) is 0 Å². The molecule has 2 aromatic rings. The number of carbonyl (C=O) groups excluding carboxylic acids is 1. The van der Waals surface area contributed by atoms with Crippen LogP contribution in [0.15, 0.2) is 33.9 Å². The summed E-state index contributed by atoms with van der Waals surface area (Å²) in [5.41, 5.74) is 0.618. The van der Waals surface area contributed by atoms with Crippen molar-refractivity contribution in [2.24, 2.45) is 5.92 Å². The fourth-order valence-electron chi connectivity index (χ4n) is 5.41. The van der Waals surface area contributed by atoms with Crippen LogP contribution < -0.4 is 0 Å². The predicted molar refractivity (Wildman–Crippen MR) is 126 cm³/mol.